The van der Waals surface area contributed by atoms with E-state index in [2.05, 4.69) is 6.92 Å². The number of ether oxygens (including phenoxy) is 3. The van der Waals surface area contributed by atoms with Gasteiger partial charge in [-0.1, -0.05) is 0 Å². The Kier molecular flexibility index (Phi) is 6.51. The summed E-state index contributed by atoms with van der Waals surface area (Å²) in [6, 6.07) is 0. The number of hydrogen-bond acceptors (Lipinski definition) is 3. The van der Waals surface area contributed by atoms with Crippen molar-refractivity contribution in [1.29, 1.82) is 0 Å². The average molecular weight is 161 g/mol. The molecule has 1 unspecified atom stereocenters. The molecule has 0 spiro atoms. The lowest BCUT2D eigenvalue weighted by molar-refractivity contribution is -0.184. The van der Waals surface area contributed by atoms with Crippen molar-refractivity contribution in [3.05, 3.63) is 6.92 Å². The third-order valence-electron chi connectivity index (χ3n) is 1.27. The first kappa shape index (κ1) is 10.9. The standard InChI is InChI=1S/C8H17O3/c1-5-10-8(11-6-2)7(3)9-4/h7-8H,3,5-6H2,1-2,4H3. The first-order valence-electron chi connectivity index (χ1n) is 3.85. The summed E-state index contributed by atoms with van der Waals surface area (Å²) in [6.07, 6.45) is -0.593. The molecular formula is C8H17O3. The van der Waals surface area contributed by atoms with Gasteiger partial charge >= 0.3 is 0 Å². The highest BCUT2D eigenvalue weighted by molar-refractivity contribution is 4.63. The average Bonchev–Trinajstić information content (AvgIpc) is 2.03. The highest BCUT2D eigenvalue weighted by atomic mass is 16.7. The van der Waals surface area contributed by atoms with Crippen LogP contribution in [0.1, 0.15) is 13.8 Å². The van der Waals surface area contributed by atoms with E-state index in [1.54, 1.807) is 7.11 Å². The summed E-state index contributed by atoms with van der Waals surface area (Å²) in [5.74, 6) is 0. The van der Waals surface area contributed by atoms with Gasteiger partial charge in [-0.05, 0) is 20.8 Å². The van der Waals surface area contributed by atoms with Crippen molar-refractivity contribution in [3.8, 4) is 0 Å². The summed E-state index contributed by atoms with van der Waals surface area (Å²) in [5, 5.41) is 0. The monoisotopic (exact) mass is 161 g/mol. The van der Waals surface area contributed by atoms with Crippen LogP contribution in [0.5, 0.6) is 0 Å². The minimum atomic E-state index is -0.338. The Hall–Kier alpha value is -0.120. The largest absolute Gasteiger partial charge is 0.376 e. The fourth-order valence-electron chi connectivity index (χ4n) is 0.702. The van der Waals surface area contributed by atoms with Crippen LogP contribution in [-0.4, -0.2) is 32.7 Å². The second kappa shape index (κ2) is 6.58. The van der Waals surface area contributed by atoms with Gasteiger partial charge in [0.25, 0.3) is 0 Å². The quantitative estimate of drug-likeness (QED) is 0.548. The molecule has 3 heteroatoms. The molecule has 0 amide bonds. The van der Waals surface area contributed by atoms with Crippen LogP contribution in [0.4, 0.5) is 0 Å². The molecule has 1 radical (unpaired) electrons. The Morgan fingerprint density at radius 1 is 1.18 bits per heavy atom. The SMILES string of the molecule is [CH2]C(OC)C(OCC)OCC. The lowest BCUT2D eigenvalue weighted by Gasteiger charge is -2.21. The van der Waals surface area contributed by atoms with Crippen molar-refractivity contribution in [3.63, 3.8) is 0 Å². The van der Waals surface area contributed by atoms with Gasteiger partial charge in [-0.3, -0.25) is 0 Å². The molecule has 67 valence electrons. The van der Waals surface area contributed by atoms with Gasteiger partial charge in [0.05, 0.1) is 0 Å². The van der Waals surface area contributed by atoms with E-state index in [9.17, 15) is 0 Å². The van der Waals surface area contributed by atoms with Gasteiger partial charge in [0.15, 0.2) is 6.29 Å². The second-order valence-electron chi connectivity index (χ2n) is 2.05. The maximum atomic E-state index is 5.23. The zero-order chi connectivity index (χ0) is 8.69. The van der Waals surface area contributed by atoms with Gasteiger partial charge in [0, 0.05) is 20.3 Å². The van der Waals surface area contributed by atoms with Gasteiger partial charge in [-0.15, -0.1) is 0 Å². The Morgan fingerprint density at radius 3 is 1.91 bits per heavy atom. The lowest BCUT2D eigenvalue weighted by atomic mass is 10.4. The summed E-state index contributed by atoms with van der Waals surface area (Å²) < 4.78 is 15.4. The summed E-state index contributed by atoms with van der Waals surface area (Å²) in [6.45, 7) is 8.77. The van der Waals surface area contributed by atoms with Crippen LogP contribution in [0, 0.1) is 6.92 Å². The Labute approximate surface area is 68.6 Å². The van der Waals surface area contributed by atoms with E-state index in [1.165, 1.54) is 0 Å². The van der Waals surface area contributed by atoms with E-state index in [0.29, 0.717) is 13.2 Å². The fraction of sp³-hybridized carbons (Fsp3) is 0.875. The third kappa shape index (κ3) is 4.35. The highest BCUT2D eigenvalue weighted by Crippen LogP contribution is 2.03. The van der Waals surface area contributed by atoms with Crippen LogP contribution in [0.3, 0.4) is 0 Å². The Balaban J connectivity index is 3.66. The summed E-state index contributed by atoms with van der Waals surface area (Å²) >= 11 is 0. The molecule has 0 saturated heterocycles. The summed E-state index contributed by atoms with van der Waals surface area (Å²) in [5.41, 5.74) is 0. The Morgan fingerprint density at radius 2 is 1.64 bits per heavy atom. The van der Waals surface area contributed by atoms with E-state index in [-0.39, 0.29) is 12.4 Å². The maximum absolute atomic E-state index is 5.23. The minimum absolute atomic E-state index is 0.255. The van der Waals surface area contributed by atoms with Gasteiger partial charge in [0.2, 0.25) is 0 Å². The molecular weight excluding hydrogens is 144 g/mol. The summed E-state index contributed by atoms with van der Waals surface area (Å²) in [4.78, 5) is 0. The molecule has 11 heavy (non-hydrogen) atoms. The topological polar surface area (TPSA) is 27.7 Å². The second-order valence-corrected chi connectivity index (χ2v) is 2.05. The van der Waals surface area contributed by atoms with E-state index < -0.39 is 0 Å². The maximum Gasteiger partial charge on any atom is 0.183 e. The molecule has 0 saturated carbocycles. The molecule has 0 heterocycles. The van der Waals surface area contributed by atoms with Crippen LogP contribution in [0.2, 0.25) is 0 Å². The van der Waals surface area contributed by atoms with Crippen LogP contribution < -0.4 is 0 Å². The number of hydrogen-bond donors (Lipinski definition) is 0. The first-order valence-corrected chi connectivity index (χ1v) is 3.85. The van der Waals surface area contributed by atoms with Crippen molar-refractivity contribution >= 4 is 0 Å². The first-order chi connectivity index (χ1) is 5.26. The van der Waals surface area contributed by atoms with Gasteiger partial charge in [-0.25, -0.2) is 0 Å². The van der Waals surface area contributed by atoms with Crippen LogP contribution in [0.25, 0.3) is 0 Å². The number of methoxy groups -OCH3 is 1. The van der Waals surface area contributed by atoms with E-state index >= 15 is 0 Å². The Bertz CT molecular complexity index is 79.4. The van der Waals surface area contributed by atoms with Gasteiger partial charge in [0.1, 0.15) is 6.10 Å². The molecule has 0 N–H and O–H groups in total. The summed E-state index contributed by atoms with van der Waals surface area (Å²) in [7, 11) is 1.59. The van der Waals surface area contributed by atoms with Crippen LogP contribution in [-0.2, 0) is 14.2 Å². The zero-order valence-electron chi connectivity index (χ0n) is 7.50. The predicted octanol–water partition coefficient (Wildman–Crippen LogP) is 1.23. The molecule has 0 aromatic rings. The normalized spacial score (nSPS) is 13.9. The molecule has 1 atom stereocenters. The van der Waals surface area contributed by atoms with Gasteiger partial charge < -0.3 is 14.2 Å². The molecule has 0 rings (SSSR count). The molecule has 0 aliphatic heterocycles. The van der Waals surface area contributed by atoms with Crippen molar-refractivity contribution < 1.29 is 14.2 Å². The van der Waals surface area contributed by atoms with Crippen molar-refractivity contribution in [2.75, 3.05) is 20.3 Å². The van der Waals surface area contributed by atoms with Crippen LogP contribution >= 0.6 is 0 Å². The molecule has 0 fully saturated rings. The van der Waals surface area contributed by atoms with E-state index in [1.807, 2.05) is 13.8 Å². The van der Waals surface area contributed by atoms with Crippen LogP contribution in [0.15, 0.2) is 0 Å². The molecule has 0 aliphatic carbocycles. The van der Waals surface area contributed by atoms with Crippen molar-refractivity contribution in [2.45, 2.75) is 26.2 Å². The number of rotatable bonds is 6. The molecule has 0 aromatic carbocycles. The fourth-order valence-corrected chi connectivity index (χ4v) is 0.702. The highest BCUT2D eigenvalue weighted by Gasteiger charge is 2.16. The smallest absolute Gasteiger partial charge is 0.183 e. The molecule has 0 aromatic heterocycles. The van der Waals surface area contributed by atoms with Gasteiger partial charge in [-0.2, -0.15) is 0 Å². The molecule has 0 bridgehead atoms. The van der Waals surface area contributed by atoms with Crippen molar-refractivity contribution in [1.82, 2.24) is 0 Å². The molecule has 0 aliphatic rings. The van der Waals surface area contributed by atoms with Crippen molar-refractivity contribution in [2.24, 2.45) is 0 Å². The minimum Gasteiger partial charge on any atom is -0.376 e. The molecule has 3 nitrogen and oxygen atoms in total. The third-order valence-corrected chi connectivity index (χ3v) is 1.27. The van der Waals surface area contributed by atoms with E-state index in [4.69, 9.17) is 14.2 Å². The zero-order valence-corrected chi connectivity index (χ0v) is 7.50. The van der Waals surface area contributed by atoms with E-state index in [0.717, 1.165) is 0 Å². The predicted molar refractivity (Wildman–Crippen MR) is 43.2 cm³/mol. The lowest BCUT2D eigenvalue weighted by Crippen LogP contribution is -2.31.